The van der Waals surface area contributed by atoms with Crippen LogP contribution in [-0.2, 0) is 6.42 Å². The molecule has 1 aromatic carbocycles. The molecule has 1 amide bonds. The fourth-order valence-corrected chi connectivity index (χ4v) is 3.94. The lowest BCUT2D eigenvalue weighted by atomic mass is 9.99. The second kappa shape index (κ2) is 5.96. The largest absolute Gasteiger partial charge is 0.334 e. The zero-order valence-electron chi connectivity index (χ0n) is 13.7. The molecule has 5 nitrogen and oxygen atoms in total. The van der Waals surface area contributed by atoms with Crippen molar-refractivity contribution in [2.75, 3.05) is 26.2 Å². The summed E-state index contributed by atoms with van der Waals surface area (Å²) in [6, 6.07) is 6.76. The summed E-state index contributed by atoms with van der Waals surface area (Å²) < 4.78 is 0. The van der Waals surface area contributed by atoms with Gasteiger partial charge in [-0.25, -0.2) is 0 Å². The van der Waals surface area contributed by atoms with Gasteiger partial charge in [-0.2, -0.15) is 5.10 Å². The van der Waals surface area contributed by atoms with Crippen molar-refractivity contribution >= 4 is 16.8 Å². The molecule has 2 aromatic rings. The van der Waals surface area contributed by atoms with Crippen molar-refractivity contribution in [2.24, 2.45) is 0 Å². The lowest BCUT2D eigenvalue weighted by Gasteiger charge is -2.43. The standard InChI is InChI=1S/C18H24N4O/c1-2-13-6-7-15-16(11-13)19-20-17(15)18(23)22-10-9-21-8-4-3-5-14(21)12-22/h6-7,11,14H,2-5,8-10,12H2,1H3,(H,19,20). The van der Waals surface area contributed by atoms with Crippen molar-refractivity contribution < 1.29 is 4.79 Å². The highest BCUT2D eigenvalue weighted by atomic mass is 16.2. The van der Waals surface area contributed by atoms with Gasteiger partial charge in [0.25, 0.3) is 5.91 Å². The molecule has 2 aliphatic rings. The summed E-state index contributed by atoms with van der Waals surface area (Å²) in [5.74, 6) is 0.0747. The quantitative estimate of drug-likeness (QED) is 0.926. The summed E-state index contributed by atoms with van der Waals surface area (Å²) in [4.78, 5) is 17.5. The van der Waals surface area contributed by atoms with Crippen LogP contribution in [-0.4, -0.2) is 58.1 Å². The van der Waals surface area contributed by atoms with Crippen LogP contribution in [0.25, 0.3) is 10.9 Å². The van der Waals surface area contributed by atoms with E-state index >= 15 is 0 Å². The van der Waals surface area contributed by atoms with Crippen LogP contribution >= 0.6 is 0 Å². The van der Waals surface area contributed by atoms with Crippen molar-refractivity contribution in [2.45, 2.75) is 38.6 Å². The molecule has 1 unspecified atom stereocenters. The Morgan fingerprint density at radius 1 is 1.30 bits per heavy atom. The van der Waals surface area contributed by atoms with E-state index in [0.717, 1.165) is 37.0 Å². The normalized spacial score (nSPS) is 22.3. The number of aryl methyl sites for hydroxylation is 1. The number of nitrogens with zero attached hydrogens (tertiary/aromatic N) is 3. The summed E-state index contributed by atoms with van der Waals surface area (Å²) in [5.41, 5.74) is 2.80. The van der Waals surface area contributed by atoms with Crippen LogP contribution in [0, 0.1) is 0 Å². The van der Waals surface area contributed by atoms with Crippen molar-refractivity contribution in [3.05, 3.63) is 29.5 Å². The van der Waals surface area contributed by atoms with Crippen LogP contribution in [0.4, 0.5) is 0 Å². The van der Waals surface area contributed by atoms with E-state index in [4.69, 9.17) is 0 Å². The Kier molecular flexibility index (Phi) is 3.81. The molecule has 2 fully saturated rings. The summed E-state index contributed by atoms with van der Waals surface area (Å²) in [6.07, 6.45) is 4.79. The Morgan fingerprint density at radius 3 is 3.09 bits per heavy atom. The SMILES string of the molecule is CCc1ccc2c(C(=O)N3CCN4CCCCC4C3)n[nH]c2c1. The Labute approximate surface area is 136 Å². The van der Waals surface area contributed by atoms with Gasteiger partial charge in [0.05, 0.1) is 5.52 Å². The highest BCUT2D eigenvalue weighted by Gasteiger charge is 2.32. The number of aromatic amines is 1. The topological polar surface area (TPSA) is 52.2 Å². The zero-order valence-corrected chi connectivity index (χ0v) is 13.7. The molecule has 4 rings (SSSR count). The summed E-state index contributed by atoms with van der Waals surface area (Å²) >= 11 is 0. The number of nitrogens with one attached hydrogen (secondary N) is 1. The second-order valence-electron chi connectivity index (χ2n) is 6.74. The second-order valence-corrected chi connectivity index (χ2v) is 6.74. The van der Waals surface area contributed by atoms with E-state index in [9.17, 15) is 4.79 Å². The van der Waals surface area contributed by atoms with E-state index in [1.54, 1.807) is 0 Å². The van der Waals surface area contributed by atoms with Gasteiger partial charge in [0.1, 0.15) is 0 Å². The third-order valence-electron chi connectivity index (χ3n) is 5.36. The molecule has 5 heteroatoms. The van der Waals surface area contributed by atoms with Gasteiger partial charge in [-0.3, -0.25) is 14.8 Å². The van der Waals surface area contributed by atoms with Crippen molar-refractivity contribution in [1.82, 2.24) is 20.0 Å². The smallest absolute Gasteiger partial charge is 0.275 e. The number of amides is 1. The summed E-state index contributed by atoms with van der Waals surface area (Å²) in [7, 11) is 0. The highest BCUT2D eigenvalue weighted by molar-refractivity contribution is 6.04. The number of carbonyl (C=O) groups is 1. The number of rotatable bonds is 2. The third kappa shape index (κ3) is 2.63. The minimum Gasteiger partial charge on any atom is -0.334 e. The van der Waals surface area contributed by atoms with Gasteiger partial charge in [0.15, 0.2) is 5.69 Å². The van der Waals surface area contributed by atoms with Gasteiger partial charge in [-0.05, 0) is 37.4 Å². The van der Waals surface area contributed by atoms with Crippen molar-refractivity contribution in [3.63, 3.8) is 0 Å². The van der Waals surface area contributed by atoms with Gasteiger partial charge in [0, 0.05) is 31.1 Å². The molecule has 2 saturated heterocycles. The number of H-pyrrole nitrogens is 1. The van der Waals surface area contributed by atoms with Gasteiger partial charge < -0.3 is 4.90 Å². The maximum absolute atomic E-state index is 12.9. The van der Waals surface area contributed by atoms with Crippen LogP contribution in [0.2, 0.25) is 0 Å². The molecule has 0 spiro atoms. The minimum absolute atomic E-state index is 0.0747. The van der Waals surface area contributed by atoms with Crippen LogP contribution in [0.3, 0.4) is 0 Å². The molecule has 2 aliphatic heterocycles. The van der Waals surface area contributed by atoms with E-state index in [0.29, 0.717) is 11.7 Å². The van der Waals surface area contributed by atoms with E-state index in [-0.39, 0.29) is 5.91 Å². The van der Waals surface area contributed by atoms with Gasteiger partial charge in [-0.1, -0.05) is 25.5 Å². The Bertz CT molecular complexity index is 723. The Balaban J connectivity index is 1.57. The predicted octanol–water partition coefficient (Wildman–Crippen LogP) is 2.44. The third-order valence-corrected chi connectivity index (χ3v) is 5.36. The fourth-order valence-electron chi connectivity index (χ4n) is 3.94. The Hall–Kier alpha value is -1.88. The molecule has 0 radical (unpaired) electrons. The number of hydrogen-bond acceptors (Lipinski definition) is 3. The predicted molar refractivity (Wildman–Crippen MR) is 90.6 cm³/mol. The average molecular weight is 312 g/mol. The molecule has 1 N–H and O–H groups in total. The molecule has 3 heterocycles. The first-order valence-corrected chi connectivity index (χ1v) is 8.76. The number of fused-ring (bicyclic) bond motifs is 2. The first-order chi connectivity index (χ1) is 11.3. The van der Waals surface area contributed by atoms with Crippen molar-refractivity contribution in [3.8, 4) is 0 Å². The zero-order chi connectivity index (χ0) is 15.8. The van der Waals surface area contributed by atoms with E-state index in [2.05, 4.69) is 34.2 Å². The van der Waals surface area contributed by atoms with Crippen molar-refractivity contribution in [1.29, 1.82) is 0 Å². The lowest BCUT2D eigenvalue weighted by molar-refractivity contribution is 0.0369. The number of aromatic nitrogens is 2. The van der Waals surface area contributed by atoms with E-state index < -0.39 is 0 Å². The summed E-state index contributed by atoms with van der Waals surface area (Å²) in [6.45, 7) is 5.99. The van der Waals surface area contributed by atoms with Gasteiger partial charge in [0.2, 0.25) is 0 Å². The molecular formula is C18H24N4O. The minimum atomic E-state index is 0.0747. The average Bonchev–Trinajstić information content (AvgIpc) is 3.03. The maximum atomic E-state index is 12.9. The lowest BCUT2D eigenvalue weighted by Crippen LogP contribution is -2.56. The number of piperidine rings is 1. The maximum Gasteiger partial charge on any atom is 0.275 e. The van der Waals surface area contributed by atoms with E-state index in [1.807, 2.05) is 11.0 Å². The Morgan fingerprint density at radius 2 is 2.22 bits per heavy atom. The van der Waals surface area contributed by atoms with Crippen LogP contribution in [0.5, 0.6) is 0 Å². The van der Waals surface area contributed by atoms with Crippen LogP contribution in [0.15, 0.2) is 18.2 Å². The van der Waals surface area contributed by atoms with Gasteiger partial charge >= 0.3 is 0 Å². The number of carbonyl (C=O) groups excluding carboxylic acids is 1. The molecule has 23 heavy (non-hydrogen) atoms. The van der Waals surface area contributed by atoms with Crippen LogP contribution in [0.1, 0.15) is 42.2 Å². The summed E-state index contributed by atoms with van der Waals surface area (Å²) in [5, 5.41) is 8.29. The molecule has 0 bridgehead atoms. The molecule has 1 atom stereocenters. The fraction of sp³-hybridized carbons (Fsp3) is 0.556. The molecule has 1 aromatic heterocycles. The molecular weight excluding hydrogens is 288 g/mol. The van der Waals surface area contributed by atoms with Gasteiger partial charge in [-0.15, -0.1) is 0 Å². The first kappa shape index (κ1) is 14.7. The molecule has 0 aliphatic carbocycles. The number of hydrogen-bond donors (Lipinski definition) is 1. The van der Waals surface area contributed by atoms with E-state index in [1.165, 1.54) is 31.4 Å². The number of benzene rings is 1. The first-order valence-electron chi connectivity index (χ1n) is 8.76. The molecule has 0 saturated carbocycles. The highest BCUT2D eigenvalue weighted by Crippen LogP contribution is 2.24. The number of piperazine rings is 1. The van der Waals surface area contributed by atoms with Crippen LogP contribution < -0.4 is 0 Å². The molecule has 122 valence electrons. The monoisotopic (exact) mass is 312 g/mol.